The molecule has 0 bridgehead atoms. The molecule has 0 saturated carbocycles. The van der Waals surface area contributed by atoms with E-state index in [0.717, 1.165) is 11.3 Å². The SMILES string of the molecule is O=C(NCc1cnn(-c2ccc(Cl)cc2)c1)c1cc(F)ccc1Br. The van der Waals surface area contributed by atoms with Crippen molar-refractivity contribution in [2.45, 2.75) is 6.54 Å². The minimum absolute atomic E-state index is 0.250. The topological polar surface area (TPSA) is 46.9 Å². The van der Waals surface area contributed by atoms with Crippen molar-refractivity contribution < 1.29 is 9.18 Å². The summed E-state index contributed by atoms with van der Waals surface area (Å²) in [6.07, 6.45) is 3.47. The molecule has 0 saturated heterocycles. The number of carbonyl (C=O) groups excluding carboxylic acids is 1. The molecule has 0 aliphatic carbocycles. The molecule has 0 spiro atoms. The maximum absolute atomic E-state index is 13.3. The zero-order chi connectivity index (χ0) is 17.1. The Morgan fingerprint density at radius 3 is 2.75 bits per heavy atom. The summed E-state index contributed by atoms with van der Waals surface area (Å²) in [5.41, 5.74) is 1.94. The lowest BCUT2D eigenvalue weighted by Gasteiger charge is -2.06. The zero-order valence-corrected chi connectivity index (χ0v) is 14.7. The van der Waals surface area contributed by atoms with Gasteiger partial charge in [0.1, 0.15) is 5.82 Å². The number of halogens is 3. The molecule has 0 atom stereocenters. The van der Waals surface area contributed by atoms with E-state index in [-0.39, 0.29) is 18.0 Å². The van der Waals surface area contributed by atoms with Gasteiger partial charge in [-0.1, -0.05) is 11.6 Å². The first-order chi connectivity index (χ1) is 11.5. The highest BCUT2D eigenvalue weighted by molar-refractivity contribution is 9.10. The first kappa shape index (κ1) is 16.7. The Labute approximate surface area is 151 Å². The van der Waals surface area contributed by atoms with Crippen LogP contribution in [0, 0.1) is 5.82 Å². The minimum Gasteiger partial charge on any atom is -0.348 e. The van der Waals surface area contributed by atoms with Crippen LogP contribution in [0.15, 0.2) is 59.3 Å². The van der Waals surface area contributed by atoms with Crippen molar-refractivity contribution in [3.8, 4) is 5.69 Å². The van der Waals surface area contributed by atoms with Crippen molar-refractivity contribution in [1.29, 1.82) is 0 Å². The van der Waals surface area contributed by atoms with Crippen LogP contribution in [-0.2, 0) is 6.54 Å². The Morgan fingerprint density at radius 1 is 1.25 bits per heavy atom. The molecule has 2 aromatic carbocycles. The van der Waals surface area contributed by atoms with Gasteiger partial charge in [0.2, 0.25) is 0 Å². The minimum atomic E-state index is -0.459. The number of amides is 1. The average Bonchev–Trinajstić information content (AvgIpc) is 3.04. The van der Waals surface area contributed by atoms with Crippen LogP contribution >= 0.6 is 27.5 Å². The van der Waals surface area contributed by atoms with E-state index in [9.17, 15) is 9.18 Å². The molecule has 1 heterocycles. The summed E-state index contributed by atoms with van der Waals surface area (Å²) in [4.78, 5) is 12.2. The van der Waals surface area contributed by atoms with Crippen LogP contribution < -0.4 is 5.32 Å². The van der Waals surface area contributed by atoms with Crippen LogP contribution in [0.5, 0.6) is 0 Å². The first-order valence-electron chi connectivity index (χ1n) is 7.05. The molecule has 7 heteroatoms. The third-order valence-electron chi connectivity index (χ3n) is 3.35. The Morgan fingerprint density at radius 2 is 2.00 bits per heavy atom. The average molecular weight is 409 g/mol. The van der Waals surface area contributed by atoms with E-state index in [1.54, 1.807) is 23.0 Å². The van der Waals surface area contributed by atoms with E-state index in [4.69, 9.17) is 11.6 Å². The highest BCUT2D eigenvalue weighted by Crippen LogP contribution is 2.18. The van der Waals surface area contributed by atoms with Crippen molar-refractivity contribution >= 4 is 33.4 Å². The van der Waals surface area contributed by atoms with E-state index in [0.29, 0.717) is 9.50 Å². The van der Waals surface area contributed by atoms with Crippen molar-refractivity contribution in [3.63, 3.8) is 0 Å². The van der Waals surface area contributed by atoms with Gasteiger partial charge in [0.05, 0.1) is 17.4 Å². The molecule has 4 nitrogen and oxygen atoms in total. The van der Waals surface area contributed by atoms with E-state index >= 15 is 0 Å². The fourth-order valence-corrected chi connectivity index (χ4v) is 2.69. The van der Waals surface area contributed by atoms with Crippen LogP contribution in [0.3, 0.4) is 0 Å². The van der Waals surface area contributed by atoms with Crippen LogP contribution in [0.4, 0.5) is 4.39 Å². The number of benzene rings is 2. The quantitative estimate of drug-likeness (QED) is 0.697. The second kappa shape index (κ2) is 7.15. The van der Waals surface area contributed by atoms with Crippen LogP contribution in [0.2, 0.25) is 5.02 Å². The molecule has 0 unspecified atom stereocenters. The molecule has 0 fully saturated rings. The summed E-state index contributed by atoms with van der Waals surface area (Å²) in [5.74, 6) is -0.820. The normalized spacial score (nSPS) is 10.6. The number of rotatable bonds is 4. The van der Waals surface area contributed by atoms with E-state index in [1.807, 2.05) is 18.3 Å². The molecular formula is C17H12BrClFN3O. The summed E-state index contributed by atoms with van der Waals surface area (Å²) < 4.78 is 15.5. The highest BCUT2D eigenvalue weighted by atomic mass is 79.9. The maximum atomic E-state index is 13.3. The summed E-state index contributed by atoms with van der Waals surface area (Å²) in [5, 5.41) is 7.65. The van der Waals surface area contributed by atoms with Crippen molar-refractivity contribution in [2.24, 2.45) is 0 Å². The van der Waals surface area contributed by atoms with Crippen LogP contribution in [0.25, 0.3) is 5.69 Å². The molecule has 0 radical (unpaired) electrons. The number of hydrogen-bond donors (Lipinski definition) is 1. The van der Waals surface area contributed by atoms with E-state index in [1.165, 1.54) is 18.2 Å². The van der Waals surface area contributed by atoms with Gasteiger partial charge in [-0.2, -0.15) is 5.10 Å². The fraction of sp³-hybridized carbons (Fsp3) is 0.0588. The molecule has 3 aromatic rings. The highest BCUT2D eigenvalue weighted by Gasteiger charge is 2.11. The Kier molecular flexibility index (Phi) is 4.97. The third kappa shape index (κ3) is 3.83. The Bertz CT molecular complexity index is 880. The number of aromatic nitrogens is 2. The lowest BCUT2D eigenvalue weighted by molar-refractivity contribution is 0.0949. The predicted octanol–water partition coefficient (Wildman–Crippen LogP) is 4.36. The van der Waals surface area contributed by atoms with Gasteiger partial charge in [0, 0.05) is 27.8 Å². The third-order valence-corrected chi connectivity index (χ3v) is 4.30. The van der Waals surface area contributed by atoms with E-state index in [2.05, 4.69) is 26.3 Å². The molecular weight excluding hydrogens is 397 g/mol. The van der Waals surface area contributed by atoms with Gasteiger partial charge in [-0.25, -0.2) is 9.07 Å². The van der Waals surface area contributed by atoms with Gasteiger partial charge < -0.3 is 5.32 Å². The Balaban J connectivity index is 1.68. The molecule has 0 aliphatic rings. The monoisotopic (exact) mass is 407 g/mol. The standard InChI is InChI=1S/C17H12BrClFN3O/c18-16-6-3-13(20)7-15(16)17(24)21-8-11-9-22-23(10-11)14-4-1-12(19)2-5-14/h1-7,9-10H,8H2,(H,21,24). The lowest BCUT2D eigenvalue weighted by atomic mass is 10.2. The van der Waals surface area contributed by atoms with Gasteiger partial charge >= 0.3 is 0 Å². The summed E-state index contributed by atoms with van der Waals surface area (Å²) in [6, 6.07) is 11.2. The number of nitrogens with one attached hydrogen (secondary N) is 1. The fourth-order valence-electron chi connectivity index (χ4n) is 2.14. The van der Waals surface area contributed by atoms with Gasteiger partial charge in [-0.3, -0.25) is 4.79 Å². The summed E-state index contributed by atoms with van der Waals surface area (Å²) in [6.45, 7) is 0.287. The molecule has 3 rings (SSSR count). The lowest BCUT2D eigenvalue weighted by Crippen LogP contribution is -2.23. The summed E-state index contributed by atoms with van der Waals surface area (Å²) in [7, 11) is 0. The molecule has 24 heavy (non-hydrogen) atoms. The second-order valence-electron chi connectivity index (χ2n) is 5.08. The van der Waals surface area contributed by atoms with Gasteiger partial charge in [0.15, 0.2) is 0 Å². The number of hydrogen-bond acceptors (Lipinski definition) is 2. The smallest absolute Gasteiger partial charge is 0.252 e. The van der Waals surface area contributed by atoms with Crippen molar-refractivity contribution in [3.05, 3.63) is 81.3 Å². The number of nitrogens with zero attached hydrogens (tertiary/aromatic N) is 2. The van der Waals surface area contributed by atoms with E-state index < -0.39 is 5.82 Å². The molecule has 122 valence electrons. The second-order valence-corrected chi connectivity index (χ2v) is 6.37. The maximum Gasteiger partial charge on any atom is 0.252 e. The largest absolute Gasteiger partial charge is 0.348 e. The van der Waals surface area contributed by atoms with Crippen LogP contribution in [0.1, 0.15) is 15.9 Å². The molecule has 0 aliphatic heterocycles. The summed E-state index contributed by atoms with van der Waals surface area (Å²) >= 11 is 9.11. The molecule has 1 N–H and O–H groups in total. The zero-order valence-electron chi connectivity index (χ0n) is 12.3. The van der Waals surface area contributed by atoms with Gasteiger partial charge in [-0.05, 0) is 58.4 Å². The van der Waals surface area contributed by atoms with Crippen molar-refractivity contribution in [2.75, 3.05) is 0 Å². The van der Waals surface area contributed by atoms with Gasteiger partial charge in [0.25, 0.3) is 5.91 Å². The first-order valence-corrected chi connectivity index (χ1v) is 8.23. The predicted molar refractivity (Wildman–Crippen MR) is 93.8 cm³/mol. The Hall–Kier alpha value is -2.18. The van der Waals surface area contributed by atoms with Gasteiger partial charge in [-0.15, -0.1) is 0 Å². The van der Waals surface area contributed by atoms with Crippen LogP contribution in [-0.4, -0.2) is 15.7 Å². The van der Waals surface area contributed by atoms with Crippen molar-refractivity contribution in [1.82, 2.24) is 15.1 Å². The molecule has 1 aromatic heterocycles. The number of carbonyl (C=O) groups is 1. The molecule has 1 amide bonds.